The van der Waals surface area contributed by atoms with Gasteiger partial charge in [0.05, 0.1) is 13.7 Å². The first-order valence-electron chi connectivity index (χ1n) is 4.14. The van der Waals surface area contributed by atoms with E-state index in [2.05, 4.69) is 21.9 Å². The number of rotatable bonds is 2. The minimum atomic E-state index is 0.0677. The van der Waals surface area contributed by atoms with E-state index >= 15 is 0 Å². The Kier molecular flexibility index (Phi) is 3.90. The summed E-state index contributed by atoms with van der Waals surface area (Å²) in [5, 5.41) is 12.6. The number of aromatic hydroxyl groups is 1. The third kappa shape index (κ3) is 3.14. The second-order valence-corrected chi connectivity index (χ2v) is 2.58. The molecule has 0 fully saturated rings. The first kappa shape index (κ1) is 10.8. The van der Waals surface area contributed by atoms with Crippen LogP contribution in [0.15, 0.2) is 23.3 Å². The molecule has 0 unspecified atom stereocenters. The summed E-state index contributed by atoms with van der Waals surface area (Å²) in [7, 11) is 1.46. The van der Waals surface area contributed by atoms with E-state index in [0.29, 0.717) is 11.3 Å². The van der Waals surface area contributed by atoms with Gasteiger partial charge in [-0.15, -0.1) is 0 Å². The number of hydrogen-bond donors (Lipinski definition) is 1. The van der Waals surface area contributed by atoms with Crippen LogP contribution in [-0.2, 0) is 0 Å². The maximum absolute atomic E-state index is 9.30. The molecule has 76 valence electrons. The number of methoxy groups -OCH3 is 1. The van der Waals surface area contributed by atoms with Crippen LogP contribution in [-0.4, -0.2) is 18.8 Å². The average Bonchev–Trinajstić information content (AvgIpc) is 2.26. The van der Waals surface area contributed by atoms with E-state index in [9.17, 15) is 5.11 Å². The number of nitrogens with zero attached hydrogens (tertiary/aromatic N) is 3. The fourth-order valence-corrected chi connectivity index (χ4v) is 0.964. The molecule has 1 aromatic carbocycles. The predicted octanol–water partition coefficient (Wildman–Crippen LogP) is 2.06. The van der Waals surface area contributed by atoms with Crippen molar-refractivity contribution < 1.29 is 9.84 Å². The number of ether oxygens (including phenoxy) is 1. The zero-order valence-electron chi connectivity index (χ0n) is 8.14. The highest BCUT2D eigenvalue weighted by Gasteiger charge is 1.99. The molecule has 0 heterocycles. The molecule has 1 rings (SSSR count). The fourth-order valence-electron chi connectivity index (χ4n) is 0.964. The highest BCUT2D eigenvalue weighted by molar-refractivity contribution is 5.47. The molecule has 0 aliphatic carbocycles. The van der Waals surface area contributed by atoms with Gasteiger partial charge in [0.2, 0.25) is 0 Å². The lowest BCUT2D eigenvalue weighted by Gasteiger charge is -2.02. The van der Waals surface area contributed by atoms with E-state index in [4.69, 9.17) is 10.3 Å². The summed E-state index contributed by atoms with van der Waals surface area (Å²) in [4.78, 5) is 2.57. The van der Waals surface area contributed by atoms with Crippen molar-refractivity contribution in [1.29, 1.82) is 0 Å². The standard InChI is InChI=1S/C10H9N3O2/c1-15-10-7-8(4-5-9(10)14)3-2-6-12-13-11/h4-5,7,14H,6H2,1H3. The smallest absolute Gasteiger partial charge is 0.161 e. The summed E-state index contributed by atoms with van der Waals surface area (Å²) in [6, 6.07) is 4.76. The Morgan fingerprint density at radius 3 is 3.07 bits per heavy atom. The molecule has 1 aromatic rings. The zero-order chi connectivity index (χ0) is 11.1. The van der Waals surface area contributed by atoms with Crippen LogP contribution in [0.3, 0.4) is 0 Å². The van der Waals surface area contributed by atoms with Gasteiger partial charge in [0.25, 0.3) is 0 Å². The second kappa shape index (κ2) is 5.43. The molecule has 0 saturated carbocycles. The lowest BCUT2D eigenvalue weighted by Crippen LogP contribution is -1.84. The van der Waals surface area contributed by atoms with Crippen LogP contribution >= 0.6 is 0 Å². The maximum Gasteiger partial charge on any atom is 0.161 e. The van der Waals surface area contributed by atoms with E-state index in [1.165, 1.54) is 13.2 Å². The van der Waals surface area contributed by atoms with Crippen LogP contribution in [0.1, 0.15) is 5.56 Å². The van der Waals surface area contributed by atoms with Crippen LogP contribution < -0.4 is 4.74 Å². The molecular weight excluding hydrogens is 194 g/mol. The molecule has 0 atom stereocenters. The lowest BCUT2D eigenvalue weighted by molar-refractivity contribution is 0.373. The number of azide groups is 1. The third-order valence-electron chi connectivity index (χ3n) is 1.63. The molecule has 0 amide bonds. The van der Waals surface area contributed by atoms with Crippen molar-refractivity contribution in [1.82, 2.24) is 0 Å². The average molecular weight is 203 g/mol. The van der Waals surface area contributed by atoms with Gasteiger partial charge in [0.1, 0.15) is 0 Å². The van der Waals surface area contributed by atoms with Crippen molar-refractivity contribution in [2.75, 3.05) is 13.7 Å². The fraction of sp³-hybridized carbons (Fsp3) is 0.200. The van der Waals surface area contributed by atoms with Gasteiger partial charge in [-0.2, -0.15) is 0 Å². The minimum absolute atomic E-state index is 0.0677. The van der Waals surface area contributed by atoms with Crippen molar-refractivity contribution >= 4 is 0 Å². The molecule has 0 bridgehead atoms. The Morgan fingerprint density at radius 1 is 1.60 bits per heavy atom. The molecule has 0 aliphatic rings. The number of hydrogen-bond acceptors (Lipinski definition) is 3. The summed E-state index contributed by atoms with van der Waals surface area (Å²) < 4.78 is 4.91. The Hall–Kier alpha value is -2.31. The van der Waals surface area contributed by atoms with Crippen molar-refractivity contribution in [2.45, 2.75) is 0 Å². The molecule has 0 spiro atoms. The summed E-state index contributed by atoms with van der Waals surface area (Å²) in [6.07, 6.45) is 0. The van der Waals surface area contributed by atoms with Gasteiger partial charge < -0.3 is 9.84 Å². The highest BCUT2D eigenvalue weighted by atomic mass is 16.5. The van der Waals surface area contributed by atoms with E-state index in [0.717, 1.165) is 0 Å². The van der Waals surface area contributed by atoms with E-state index < -0.39 is 0 Å². The Morgan fingerprint density at radius 2 is 2.40 bits per heavy atom. The van der Waals surface area contributed by atoms with Crippen LogP contribution in [0.2, 0.25) is 0 Å². The van der Waals surface area contributed by atoms with Crippen LogP contribution in [0, 0.1) is 11.8 Å². The Labute approximate surface area is 86.9 Å². The van der Waals surface area contributed by atoms with Crippen molar-refractivity contribution in [3.8, 4) is 23.3 Å². The Balaban J connectivity index is 2.85. The van der Waals surface area contributed by atoms with Gasteiger partial charge in [-0.05, 0) is 23.7 Å². The quantitative estimate of drug-likeness (QED) is 0.345. The van der Waals surface area contributed by atoms with E-state index in [1.54, 1.807) is 12.1 Å². The van der Waals surface area contributed by atoms with Gasteiger partial charge in [-0.25, -0.2) is 0 Å². The number of phenolic OH excluding ortho intramolecular Hbond substituents is 1. The van der Waals surface area contributed by atoms with Gasteiger partial charge in [-0.1, -0.05) is 17.0 Å². The van der Waals surface area contributed by atoms with Crippen LogP contribution in [0.25, 0.3) is 10.4 Å². The van der Waals surface area contributed by atoms with Crippen molar-refractivity contribution in [2.24, 2.45) is 5.11 Å². The van der Waals surface area contributed by atoms with Gasteiger partial charge in [0, 0.05) is 10.5 Å². The lowest BCUT2D eigenvalue weighted by atomic mass is 10.2. The summed E-state index contributed by atoms with van der Waals surface area (Å²) >= 11 is 0. The van der Waals surface area contributed by atoms with E-state index in [-0.39, 0.29) is 12.3 Å². The molecule has 0 aromatic heterocycles. The van der Waals surface area contributed by atoms with Crippen molar-refractivity contribution in [3.05, 3.63) is 34.2 Å². The van der Waals surface area contributed by atoms with E-state index in [1.807, 2.05) is 0 Å². The Bertz CT molecular complexity index is 453. The SMILES string of the molecule is COc1cc(C#CCN=[N+]=[N-])ccc1O. The highest BCUT2D eigenvalue weighted by Crippen LogP contribution is 2.25. The molecule has 1 N–H and O–H groups in total. The maximum atomic E-state index is 9.30. The topological polar surface area (TPSA) is 78.2 Å². The second-order valence-electron chi connectivity index (χ2n) is 2.58. The first-order chi connectivity index (χ1) is 7.27. The normalized spacial score (nSPS) is 8.33. The third-order valence-corrected chi connectivity index (χ3v) is 1.63. The molecule has 5 heteroatoms. The zero-order valence-corrected chi connectivity index (χ0v) is 8.14. The number of phenols is 1. The minimum Gasteiger partial charge on any atom is -0.504 e. The number of benzene rings is 1. The summed E-state index contributed by atoms with van der Waals surface area (Å²) in [6.45, 7) is 0.125. The molecule has 15 heavy (non-hydrogen) atoms. The van der Waals surface area contributed by atoms with Gasteiger partial charge >= 0.3 is 0 Å². The monoisotopic (exact) mass is 203 g/mol. The molecule has 0 aliphatic heterocycles. The largest absolute Gasteiger partial charge is 0.504 e. The molecule has 5 nitrogen and oxygen atoms in total. The van der Waals surface area contributed by atoms with Gasteiger partial charge in [-0.3, -0.25) is 0 Å². The predicted molar refractivity (Wildman–Crippen MR) is 55.5 cm³/mol. The summed E-state index contributed by atoms with van der Waals surface area (Å²) in [5.41, 5.74) is 8.71. The van der Waals surface area contributed by atoms with Gasteiger partial charge in [0.15, 0.2) is 11.5 Å². The van der Waals surface area contributed by atoms with Crippen molar-refractivity contribution in [3.63, 3.8) is 0 Å². The molecule has 0 radical (unpaired) electrons. The van der Waals surface area contributed by atoms with Crippen LogP contribution in [0.4, 0.5) is 0 Å². The first-order valence-corrected chi connectivity index (χ1v) is 4.14. The summed E-state index contributed by atoms with van der Waals surface area (Å²) in [5.74, 6) is 5.88. The molecular formula is C10H9N3O2. The molecule has 0 saturated heterocycles. The van der Waals surface area contributed by atoms with Crippen LogP contribution in [0.5, 0.6) is 11.5 Å².